The zero-order valence-electron chi connectivity index (χ0n) is 52.1. The van der Waals surface area contributed by atoms with Crippen molar-refractivity contribution in [1.29, 1.82) is 0 Å². The highest BCUT2D eigenvalue weighted by Crippen LogP contribution is 2.53. The van der Waals surface area contributed by atoms with Gasteiger partial charge in [0.05, 0.1) is 0 Å². The maximum Gasteiger partial charge on any atom is 0.0465 e. The Labute approximate surface area is 537 Å². The molecule has 0 spiro atoms. The highest BCUT2D eigenvalue weighted by Gasteiger charge is 2.38. The normalized spacial score (nSPS) is 13.4. The van der Waals surface area contributed by atoms with E-state index < -0.39 is 0 Å². The van der Waals surface area contributed by atoms with Gasteiger partial charge in [-0.1, -0.05) is 301 Å². The van der Waals surface area contributed by atoms with E-state index in [-0.39, 0.29) is 10.8 Å². The van der Waals surface area contributed by atoms with Crippen molar-refractivity contribution in [3.8, 4) is 55.6 Å². The summed E-state index contributed by atoms with van der Waals surface area (Å²) >= 11 is 0. The number of rotatable bonds is 17. The summed E-state index contributed by atoms with van der Waals surface area (Å²) in [6.45, 7) is 13.3. The first-order chi connectivity index (χ1) is 44.5. The van der Waals surface area contributed by atoms with Crippen LogP contribution in [0.5, 0.6) is 0 Å². The van der Waals surface area contributed by atoms with E-state index in [1.54, 1.807) is 6.08 Å². The molecule has 2 aliphatic carbocycles. The first-order valence-corrected chi connectivity index (χ1v) is 31.7. The van der Waals surface area contributed by atoms with Crippen LogP contribution in [-0.2, 0) is 17.3 Å². The van der Waals surface area contributed by atoms with Crippen LogP contribution in [-0.4, -0.2) is 0 Å². The summed E-state index contributed by atoms with van der Waals surface area (Å²) in [5.74, 6) is 0. The Hall–Kier alpha value is -11.1. The van der Waals surface area contributed by atoms with Crippen molar-refractivity contribution in [3.63, 3.8) is 0 Å². The van der Waals surface area contributed by atoms with E-state index in [0.717, 1.165) is 51.7 Å². The SMILES string of the molecule is C=C/C=C\C=C/Cc1ccc(N(c2ccc(-c3ccccc3)cc2)c2ccc3c(c2)C(C)(C)c2cc(/C=C/c4ccc(/C=C/c5ccc6c(c5)C(C)(C)c5cc(N(c7ccc(-c8ccccc8)cc7)c7ccc(-c8ccccc8)cc7)ccc5-6)cc4)ccc2-3)cc1. The minimum Gasteiger partial charge on any atom is -0.310 e. The number of hydrogen-bond donors (Lipinski definition) is 0. The van der Waals surface area contributed by atoms with Crippen LogP contribution in [0.4, 0.5) is 34.1 Å². The van der Waals surface area contributed by atoms with Gasteiger partial charge in [0.25, 0.3) is 0 Å². The minimum absolute atomic E-state index is 0.212. The number of hydrogen-bond acceptors (Lipinski definition) is 2. The molecule has 0 aliphatic heterocycles. The summed E-state index contributed by atoms with van der Waals surface area (Å²) in [4.78, 5) is 4.79. The molecule has 91 heavy (non-hydrogen) atoms. The summed E-state index contributed by atoms with van der Waals surface area (Å²) in [5.41, 5.74) is 30.0. The molecule has 0 aromatic heterocycles. The topological polar surface area (TPSA) is 6.48 Å². The van der Waals surface area contributed by atoms with Crippen molar-refractivity contribution in [3.05, 3.63) is 372 Å². The summed E-state index contributed by atoms with van der Waals surface area (Å²) in [6, 6.07) is 105. The standard InChI is InChI=1S/C89H72N2/c1-6-7-8-9-13-20-63-35-45-74(46-36-63)90(75-47-39-71(40-48-75)68-21-14-10-15-22-68)78-53-57-82-80-55-37-66(59-84(80)88(2,3)86(82)61-78)33-31-64-27-29-65(30-28-64)32-34-67-38-56-81-83-58-54-79(62-87(83)89(4,5)85(81)60-67)91(76-49-41-72(42-50-76)69-23-16-11-17-24-69)77-51-43-73(44-52-77)70-25-18-12-19-26-70/h6-19,21-62H,1,20H2,2-5H3/b8-7-,13-9-,33-31+,34-32+. The molecule has 0 N–H and O–H groups in total. The summed E-state index contributed by atoms with van der Waals surface area (Å²) < 4.78 is 0. The van der Waals surface area contributed by atoms with Crippen molar-refractivity contribution in [2.24, 2.45) is 0 Å². The second kappa shape index (κ2) is 24.8. The lowest BCUT2D eigenvalue weighted by atomic mass is 9.81. The van der Waals surface area contributed by atoms with Gasteiger partial charge in [-0.3, -0.25) is 0 Å². The van der Waals surface area contributed by atoms with Crippen LogP contribution in [0.15, 0.2) is 322 Å². The van der Waals surface area contributed by atoms with E-state index in [1.165, 1.54) is 94.6 Å². The molecule has 12 aromatic carbocycles. The molecule has 0 bridgehead atoms. The lowest BCUT2D eigenvalue weighted by molar-refractivity contribution is 0.660. The molecule has 438 valence electrons. The van der Waals surface area contributed by atoms with Gasteiger partial charge in [-0.25, -0.2) is 0 Å². The predicted molar refractivity (Wildman–Crippen MR) is 390 cm³/mol. The van der Waals surface area contributed by atoms with Crippen LogP contribution < -0.4 is 9.80 Å². The maximum absolute atomic E-state index is 3.78. The van der Waals surface area contributed by atoms with Crippen molar-refractivity contribution < 1.29 is 0 Å². The molecule has 12 aromatic rings. The molecular weight excluding hydrogens is 1100 g/mol. The van der Waals surface area contributed by atoms with Crippen molar-refractivity contribution in [2.45, 2.75) is 44.9 Å². The maximum atomic E-state index is 3.78. The highest BCUT2D eigenvalue weighted by molar-refractivity contribution is 5.90. The molecule has 2 nitrogen and oxygen atoms in total. The molecule has 0 radical (unpaired) electrons. The van der Waals surface area contributed by atoms with Gasteiger partial charge >= 0.3 is 0 Å². The third-order valence-electron chi connectivity index (χ3n) is 18.5. The van der Waals surface area contributed by atoms with Crippen LogP contribution in [0.25, 0.3) is 79.9 Å². The van der Waals surface area contributed by atoms with Crippen LogP contribution in [0.2, 0.25) is 0 Å². The first-order valence-electron chi connectivity index (χ1n) is 31.7. The predicted octanol–water partition coefficient (Wildman–Crippen LogP) is 24.4. The molecule has 0 saturated heterocycles. The molecule has 2 heteroatoms. The van der Waals surface area contributed by atoms with E-state index in [0.29, 0.717) is 0 Å². The molecule has 14 rings (SSSR count). The molecule has 0 unspecified atom stereocenters. The van der Waals surface area contributed by atoms with Gasteiger partial charge in [0.1, 0.15) is 0 Å². The van der Waals surface area contributed by atoms with Gasteiger partial charge in [0, 0.05) is 45.0 Å². The van der Waals surface area contributed by atoms with E-state index in [9.17, 15) is 0 Å². The number of anilines is 6. The average Bonchev–Trinajstić information content (AvgIpc) is 1.61. The fourth-order valence-corrected chi connectivity index (χ4v) is 13.5. The average molecular weight is 1170 g/mol. The Balaban J connectivity index is 0.675. The highest BCUT2D eigenvalue weighted by atomic mass is 15.1. The van der Waals surface area contributed by atoms with Gasteiger partial charge in [0.15, 0.2) is 0 Å². The molecule has 0 amide bonds. The summed E-state index contributed by atoms with van der Waals surface area (Å²) in [7, 11) is 0. The summed E-state index contributed by atoms with van der Waals surface area (Å²) in [5, 5.41) is 0. The van der Waals surface area contributed by atoms with E-state index in [2.05, 4.69) is 366 Å². The van der Waals surface area contributed by atoms with Gasteiger partial charge < -0.3 is 9.80 Å². The Bertz CT molecular complexity index is 4630. The molecular formula is C89H72N2. The fourth-order valence-electron chi connectivity index (χ4n) is 13.5. The van der Waals surface area contributed by atoms with Crippen molar-refractivity contribution in [1.82, 2.24) is 0 Å². The zero-order valence-corrected chi connectivity index (χ0v) is 52.1. The lowest BCUT2D eigenvalue weighted by Gasteiger charge is -2.28. The largest absolute Gasteiger partial charge is 0.310 e. The molecule has 0 fully saturated rings. The molecule has 0 atom stereocenters. The third kappa shape index (κ3) is 11.7. The number of nitrogens with zero attached hydrogens (tertiary/aromatic N) is 2. The quantitative estimate of drug-likeness (QED) is 0.0662. The Kier molecular flexibility index (Phi) is 15.7. The van der Waals surface area contributed by atoms with Gasteiger partial charge in [-0.15, -0.1) is 0 Å². The van der Waals surface area contributed by atoms with E-state index in [1.807, 2.05) is 12.2 Å². The zero-order chi connectivity index (χ0) is 61.9. The number of benzene rings is 12. The van der Waals surface area contributed by atoms with Gasteiger partial charge in [0.2, 0.25) is 0 Å². The summed E-state index contributed by atoms with van der Waals surface area (Å²) in [6.07, 6.45) is 19.9. The van der Waals surface area contributed by atoms with Crippen LogP contribution in [0, 0.1) is 0 Å². The van der Waals surface area contributed by atoms with Crippen molar-refractivity contribution >= 4 is 58.4 Å². The fraction of sp³-hybridized carbons (Fsp3) is 0.0787. The molecule has 0 heterocycles. The Morgan fingerprint density at radius 2 is 0.582 bits per heavy atom. The van der Waals surface area contributed by atoms with Crippen molar-refractivity contribution in [2.75, 3.05) is 9.80 Å². The Morgan fingerprint density at radius 3 is 0.945 bits per heavy atom. The van der Waals surface area contributed by atoms with E-state index in [4.69, 9.17) is 0 Å². The first kappa shape index (κ1) is 57.7. The van der Waals surface area contributed by atoms with Gasteiger partial charge in [-0.05, 0) is 185 Å². The second-order valence-corrected chi connectivity index (χ2v) is 25.0. The second-order valence-electron chi connectivity index (χ2n) is 25.0. The lowest BCUT2D eigenvalue weighted by Crippen LogP contribution is -2.16. The monoisotopic (exact) mass is 1170 g/mol. The Morgan fingerprint density at radius 1 is 0.286 bits per heavy atom. The molecule has 2 aliphatic rings. The van der Waals surface area contributed by atoms with Gasteiger partial charge in [-0.2, -0.15) is 0 Å². The van der Waals surface area contributed by atoms with E-state index >= 15 is 0 Å². The third-order valence-corrected chi connectivity index (χ3v) is 18.5. The number of allylic oxidation sites excluding steroid dienone is 5. The van der Waals surface area contributed by atoms with Crippen LogP contribution in [0.1, 0.15) is 77.8 Å². The smallest absolute Gasteiger partial charge is 0.0465 e. The minimum atomic E-state index is -0.213. The number of fused-ring (bicyclic) bond motifs is 6. The molecule has 0 saturated carbocycles. The van der Waals surface area contributed by atoms with Crippen LogP contribution >= 0.6 is 0 Å². The van der Waals surface area contributed by atoms with Crippen LogP contribution in [0.3, 0.4) is 0 Å².